The van der Waals surface area contributed by atoms with Crippen LogP contribution in [0.15, 0.2) is 4.99 Å². The number of carbonyl (C=O) groups excluding carboxylic acids is 1. The maximum atomic E-state index is 11.5. The Morgan fingerprint density at radius 2 is 2.07 bits per heavy atom. The van der Waals surface area contributed by atoms with Crippen LogP contribution in [0.4, 0.5) is 4.79 Å². The summed E-state index contributed by atoms with van der Waals surface area (Å²) >= 11 is 1.25. The summed E-state index contributed by atoms with van der Waals surface area (Å²) in [6, 6.07) is -0.309. The zero-order valence-corrected chi connectivity index (χ0v) is 9.76. The van der Waals surface area contributed by atoms with Gasteiger partial charge >= 0.3 is 6.03 Å². The van der Waals surface area contributed by atoms with E-state index in [1.54, 1.807) is 6.26 Å². The highest BCUT2D eigenvalue weighted by molar-refractivity contribution is 7.96. The Bertz CT molecular complexity index is 271. The zero-order valence-electron chi connectivity index (χ0n) is 8.94. The number of nitrogens with two attached hydrogens (primary N) is 1. The van der Waals surface area contributed by atoms with Crippen molar-refractivity contribution in [3.8, 4) is 0 Å². The van der Waals surface area contributed by atoms with Crippen molar-refractivity contribution in [3.05, 3.63) is 0 Å². The summed E-state index contributed by atoms with van der Waals surface area (Å²) in [5.74, 6) is 5.70. The highest BCUT2D eigenvalue weighted by Gasteiger charge is 2.31. The van der Waals surface area contributed by atoms with Crippen molar-refractivity contribution >= 4 is 23.7 Å². The molecule has 0 aromatic carbocycles. The molecule has 0 unspecified atom stereocenters. The van der Waals surface area contributed by atoms with E-state index in [1.165, 1.54) is 21.5 Å². The Labute approximate surface area is 88.4 Å². The third kappa shape index (κ3) is 2.26. The second-order valence-corrected chi connectivity index (χ2v) is 4.86. The minimum Gasteiger partial charge on any atom is -0.249 e. The predicted octanol–water partition coefficient (Wildman–Crippen LogP) is 1.28. The Morgan fingerprint density at radius 3 is 2.43 bits per heavy atom. The van der Waals surface area contributed by atoms with Crippen molar-refractivity contribution in [3.63, 3.8) is 0 Å². The van der Waals surface area contributed by atoms with E-state index in [9.17, 15) is 4.79 Å². The first-order valence-corrected chi connectivity index (χ1v) is 5.53. The maximum Gasteiger partial charge on any atom is 0.369 e. The number of nitrogens with zero attached hydrogens (tertiary/aromatic N) is 3. The van der Waals surface area contributed by atoms with E-state index in [1.807, 2.05) is 20.8 Å². The Kier molecular flexibility index (Phi) is 3.18. The number of aliphatic imine (C=N–C) groups is 1. The van der Waals surface area contributed by atoms with Crippen LogP contribution in [0, 0.1) is 5.41 Å². The summed E-state index contributed by atoms with van der Waals surface area (Å²) in [6.07, 6.45) is 1.79. The van der Waals surface area contributed by atoms with Crippen molar-refractivity contribution in [2.45, 2.75) is 20.8 Å². The normalized spacial score (nSPS) is 19.9. The lowest BCUT2D eigenvalue weighted by Gasteiger charge is -2.34. The average molecular weight is 216 g/mol. The summed E-state index contributed by atoms with van der Waals surface area (Å²) in [4.78, 5) is 15.5. The van der Waals surface area contributed by atoms with Crippen molar-refractivity contribution < 1.29 is 4.79 Å². The van der Waals surface area contributed by atoms with Gasteiger partial charge in [-0.15, -0.1) is 5.12 Å². The number of hydrazine groups is 2. The highest BCUT2D eigenvalue weighted by Crippen LogP contribution is 2.22. The largest absolute Gasteiger partial charge is 0.369 e. The first kappa shape index (κ1) is 11.5. The Balaban J connectivity index is 2.91. The minimum atomic E-state index is -0.309. The molecule has 0 fully saturated rings. The quantitative estimate of drug-likeness (QED) is 0.530. The molecule has 1 aliphatic rings. The molecule has 0 radical (unpaired) electrons. The number of hydrogen-bond acceptors (Lipinski definition) is 4. The number of hydrogen-bond donors (Lipinski definition) is 1. The molecule has 0 saturated carbocycles. The van der Waals surface area contributed by atoms with Gasteiger partial charge in [0.2, 0.25) is 0 Å². The van der Waals surface area contributed by atoms with Gasteiger partial charge in [-0.1, -0.05) is 20.8 Å². The monoisotopic (exact) mass is 216 g/mol. The van der Waals surface area contributed by atoms with Gasteiger partial charge in [0, 0.05) is 17.4 Å². The number of urea groups is 1. The molecule has 14 heavy (non-hydrogen) atoms. The summed E-state index contributed by atoms with van der Waals surface area (Å²) in [7, 11) is 0. The fourth-order valence-corrected chi connectivity index (χ4v) is 1.57. The molecule has 5 nitrogen and oxygen atoms in total. The van der Waals surface area contributed by atoms with Crippen LogP contribution in [0.3, 0.4) is 0 Å². The van der Waals surface area contributed by atoms with E-state index in [4.69, 9.17) is 5.84 Å². The predicted molar refractivity (Wildman–Crippen MR) is 58.5 cm³/mol. The summed E-state index contributed by atoms with van der Waals surface area (Å²) in [5, 5.41) is 1.39. The van der Waals surface area contributed by atoms with Crippen LogP contribution >= 0.6 is 11.9 Å². The number of rotatable bonds is 1. The molecular formula is C8H16N4OS. The molecule has 0 saturated heterocycles. The molecule has 0 atom stereocenters. The lowest BCUT2D eigenvalue weighted by molar-refractivity contribution is 0.110. The van der Waals surface area contributed by atoms with E-state index in [0.717, 1.165) is 5.71 Å². The molecule has 0 aliphatic carbocycles. The van der Waals surface area contributed by atoms with Gasteiger partial charge in [-0.25, -0.2) is 10.6 Å². The van der Waals surface area contributed by atoms with Gasteiger partial charge in [-0.2, -0.15) is 9.41 Å². The van der Waals surface area contributed by atoms with Crippen molar-refractivity contribution in [1.29, 1.82) is 0 Å². The SMILES string of the molecule is CSN1C(=O)N=C(C(C)(C)C)CN1N. The van der Waals surface area contributed by atoms with Crippen LogP contribution in [-0.2, 0) is 0 Å². The second-order valence-electron chi connectivity index (χ2n) is 4.14. The molecule has 2 amide bonds. The second kappa shape index (κ2) is 3.88. The van der Waals surface area contributed by atoms with Gasteiger partial charge in [-0.3, -0.25) is 0 Å². The third-order valence-electron chi connectivity index (χ3n) is 1.98. The maximum absolute atomic E-state index is 11.5. The molecule has 80 valence electrons. The topological polar surface area (TPSA) is 61.9 Å². The van der Waals surface area contributed by atoms with Crippen LogP contribution in [0.25, 0.3) is 0 Å². The Morgan fingerprint density at radius 1 is 1.50 bits per heavy atom. The molecule has 0 spiro atoms. The van der Waals surface area contributed by atoms with E-state index in [0.29, 0.717) is 6.54 Å². The third-order valence-corrected chi connectivity index (χ3v) is 2.69. The van der Waals surface area contributed by atoms with E-state index >= 15 is 0 Å². The molecule has 2 N–H and O–H groups in total. The van der Waals surface area contributed by atoms with Gasteiger partial charge in [0.05, 0.1) is 6.54 Å². The molecule has 0 aromatic rings. The molecule has 1 heterocycles. The minimum absolute atomic E-state index is 0.113. The summed E-state index contributed by atoms with van der Waals surface area (Å²) in [5.41, 5.74) is 0.702. The van der Waals surface area contributed by atoms with Gasteiger partial charge in [0.15, 0.2) is 0 Å². The lowest BCUT2D eigenvalue weighted by Crippen LogP contribution is -2.53. The average Bonchev–Trinajstić information content (AvgIpc) is 2.01. The standard InChI is InChI=1S/C8H16N4OS/c1-8(2,3)6-5-11(9)12(14-4)7(13)10-6/h5,9H2,1-4H3. The van der Waals surface area contributed by atoms with Crippen LogP contribution in [-0.4, -0.2) is 34.1 Å². The van der Waals surface area contributed by atoms with Gasteiger partial charge < -0.3 is 0 Å². The molecule has 0 bridgehead atoms. The summed E-state index contributed by atoms with van der Waals surface area (Å²) in [6.45, 7) is 6.54. The number of amides is 2. The van der Waals surface area contributed by atoms with Crippen LogP contribution in [0.2, 0.25) is 0 Å². The van der Waals surface area contributed by atoms with E-state index in [-0.39, 0.29) is 11.4 Å². The molecule has 1 aliphatic heterocycles. The van der Waals surface area contributed by atoms with Gasteiger partial charge in [0.1, 0.15) is 0 Å². The van der Waals surface area contributed by atoms with Crippen molar-refractivity contribution in [2.75, 3.05) is 12.8 Å². The Hall–Kier alpha value is -0.590. The van der Waals surface area contributed by atoms with Crippen LogP contribution in [0.1, 0.15) is 20.8 Å². The number of carbonyl (C=O) groups is 1. The smallest absolute Gasteiger partial charge is 0.249 e. The van der Waals surface area contributed by atoms with Crippen molar-refractivity contribution in [2.24, 2.45) is 16.3 Å². The molecule has 1 rings (SSSR count). The van der Waals surface area contributed by atoms with Crippen LogP contribution < -0.4 is 5.84 Å². The first-order chi connectivity index (χ1) is 6.36. The van der Waals surface area contributed by atoms with Gasteiger partial charge in [0.25, 0.3) is 0 Å². The molecule has 0 aromatic heterocycles. The van der Waals surface area contributed by atoms with Crippen molar-refractivity contribution in [1.82, 2.24) is 9.53 Å². The fraction of sp³-hybridized carbons (Fsp3) is 0.750. The van der Waals surface area contributed by atoms with E-state index < -0.39 is 0 Å². The fourth-order valence-electron chi connectivity index (χ4n) is 1.11. The zero-order chi connectivity index (χ0) is 10.9. The molecular weight excluding hydrogens is 200 g/mol. The van der Waals surface area contributed by atoms with Gasteiger partial charge in [-0.05, 0) is 11.9 Å². The summed E-state index contributed by atoms with van der Waals surface area (Å²) < 4.78 is 1.34. The van der Waals surface area contributed by atoms with Crippen LogP contribution in [0.5, 0.6) is 0 Å². The lowest BCUT2D eigenvalue weighted by atomic mass is 9.89. The van der Waals surface area contributed by atoms with E-state index in [2.05, 4.69) is 4.99 Å². The molecule has 6 heteroatoms. The highest BCUT2D eigenvalue weighted by atomic mass is 32.2. The first-order valence-electron chi connectivity index (χ1n) is 4.34.